The molecule has 3 heterocycles. The molecule has 0 spiro atoms. The SMILES string of the molecule is Cn1cc(N2CCCC(Nc3cnn(Cc4ccccc4)c(=O)c3Cl)C2)cn1. The zero-order valence-corrected chi connectivity index (χ0v) is 16.5. The summed E-state index contributed by atoms with van der Waals surface area (Å²) < 4.78 is 3.20. The largest absolute Gasteiger partial charge is 0.378 e. The first-order valence-corrected chi connectivity index (χ1v) is 9.77. The van der Waals surface area contributed by atoms with Crippen molar-refractivity contribution < 1.29 is 0 Å². The molecule has 2 aromatic heterocycles. The molecular weight excluding hydrogens is 376 g/mol. The Morgan fingerprint density at radius 2 is 2.04 bits per heavy atom. The van der Waals surface area contributed by atoms with Crippen molar-refractivity contribution in [3.63, 3.8) is 0 Å². The second-order valence-corrected chi connectivity index (χ2v) is 7.50. The van der Waals surface area contributed by atoms with Crippen LogP contribution in [0.3, 0.4) is 0 Å². The summed E-state index contributed by atoms with van der Waals surface area (Å²) >= 11 is 6.38. The van der Waals surface area contributed by atoms with Crippen molar-refractivity contribution in [2.75, 3.05) is 23.3 Å². The zero-order valence-electron chi connectivity index (χ0n) is 15.8. The minimum atomic E-state index is -0.282. The number of halogens is 1. The summed E-state index contributed by atoms with van der Waals surface area (Å²) in [5, 5.41) is 12.2. The van der Waals surface area contributed by atoms with Crippen molar-refractivity contribution in [2.24, 2.45) is 7.05 Å². The van der Waals surface area contributed by atoms with Crippen LogP contribution in [0.4, 0.5) is 11.4 Å². The highest BCUT2D eigenvalue weighted by atomic mass is 35.5. The Morgan fingerprint density at radius 1 is 1.21 bits per heavy atom. The maximum atomic E-state index is 12.6. The number of rotatable bonds is 5. The van der Waals surface area contributed by atoms with E-state index in [-0.39, 0.29) is 16.6 Å². The molecule has 1 saturated heterocycles. The van der Waals surface area contributed by atoms with E-state index in [1.807, 2.05) is 49.8 Å². The molecule has 1 fully saturated rings. The molecule has 1 unspecified atom stereocenters. The number of hydrogen-bond acceptors (Lipinski definition) is 5. The van der Waals surface area contributed by atoms with Crippen LogP contribution in [-0.4, -0.2) is 38.7 Å². The van der Waals surface area contributed by atoms with E-state index in [1.54, 1.807) is 10.9 Å². The van der Waals surface area contributed by atoms with Crippen LogP contribution in [0.15, 0.2) is 53.7 Å². The molecule has 146 valence electrons. The first-order valence-electron chi connectivity index (χ1n) is 9.40. The highest BCUT2D eigenvalue weighted by Gasteiger charge is 2.22. The van der Waals surface area contributed by atoms with E-state index in [0.717, 1.165) is 37.2 Å². The third-order valence-corrected chi connectivity index (χ3v) is 5.36. The van der Waals surface area contributed by atoms with Gasteiger partial charge in [0.05, 0.1) is 30.3 Å². The van der Waals surface area contributed by atoms with Crippen LogP contribution in [0.5, 0.6) is 0 Å². The summed E-state index contributed by atoms with van der Waals surface area (Å²) in [6, 6.07) is 9.94. The van der Waals surface area contributed by atoms with Crippen molar-refractivity contribution in [1.82, 2.24) is 19.6 Å². The van der Waals surface area contributed by atoms with Gasteiger partial charge in [-0.15, -0.1) is 0 Å². The maximum absolute atomic E-state index is 12.6. The Kier molecular flexibility index (Phi) is 5.34. The van der Waals surface area contributed by atoms with E-state index in [4.69, 9.17) is 11.6 Å². The molecule has 4 rings (SSSR count). The third-order valence-electron chi connectivity index (χ3n) is 5.00. The van der Waals surface area contributed by atoms with Crippen molar-refractivity contribution in [3.8, 4) is 0 Å². The molecule has 1 atom stereocenters. The Labute approximate surface area is 168 Å². The quantitative estimate of drug-likeness (QED) is 0.715. The lowest BCUT2D eigenvalue weighted by molar-refractivity contribution is 0.529. The number of benzene rings is 1. The van der Waals surface area contributed by atoms with Crippen LogP contribution >= 0.6 is 11.6 Å². The van der Waals surface area contributed by atoms with Gasteiger partial charge < -0.3 is 10.2 Å². The summed E-state index contributed by atoms with van der Waals surface area (Å²) in [5.41, 5.74) is 2.43. The smallest absolute Gasteiger partial charge is 0.287 e. The van der Waals surface area contributed by atoms with Gasteiger partial charge in [-0.1, -0.05) is 41.9 Å². The summed E-state index contributed by atoms with van der Waals surface area (Å²) in [5.74, 6) is 0. The van der Waals surface area contributed by atoms with E-state index in [0.29, 0.717) is 12.2 Å². The average Bonchev–Trinajstić information content (AvgIpc) is 3.15. The van der Waals surface area contributed by atoms with E-state index in [1.165, 1.54) is 4.68 Å². The number of piperidine rings is 1. The molecule has 0 aliphatic carbocycles. The summed E-state index contributed by atoms with van der Waals surface area (Å²) in [6.45, 7) is 2.22. The van der Waals surface area contributed by atoms with Gasteiger partial charge in [0, 0.05) is 32.4 Å². The Morgan fingerprint density at radius 3 is 2.79 bits per heavy atom. The molecular formula is C20H23ClN6O. The fourth-order valence-electron chi connectivity index (χ4n) is 3.56. The predicted octanol–water partition coefficient (Wildman–Crippen LogP) is 2.76. The fourth-order valence-corrected chi connectivity index (χ4v) is 3.76. The number of aryl methyl sites for hydroxylation is 1. The standard InChI is InChI=1S/C20H23ClN6O/c1-25-14-17(10-22-25)26-9-5-8-16(13-26)24-18-11-23-27(20(28)19(18)21)12-15-6-3-2-4-7-15/h2-4,6-7,10-11,14,16,24H,5,8-9,12-13H2,1H3. The number of nitrogens with zero attached hydrogens (tertiary/aromatic N) is 5. The van der Waals surface area contributed by atoms with E-state index in [9.17, 15) is 4.79 Å². The van der Waals surface area contributed by atoms with Crippen LogP contribution in [0.2, 0.25) is 5.02 Å². The molecule has 0 bridgehead atoms. The second kappa shape index (κ2) is 8.06. The lowest BCUT2D eigenvalue weighted by Gasteiger charge is -2.34. The number of anilines is 2. The molecule has 3 aromatic rings. The van der Waals surface area contributed by atoms with Gasteiger partial charge in [0.25, 0.3) is 5.56 Å². The van der Waals surface area contributed by atoms with Crippen molar-refractivity contribution in [3.05, 3.63) is 69.9 Å². The second-order valence-electron chi connectivity index (χ2n) is 7.12. The molecule has 0 radical (unpaired) electrons. The predicted molar refractivity (Wildman–Crippen MR) is 111 cm³/mol. The van der Waals surface area contributed by atoms with Crippen LogP contribution in [0.1, 0.15) is 18.4 Å². The first-order chi connectivity index (χ1) is 13.6. The number of nitrogens with one attached hydrogen (secondary N) is 1. The molecule has 7 nitrogen and oxygen atoms in total. The normalized spacial score (nSPS) is 16.9. The lowest BCUT2D eigenvalue weighted by Crippen LogP contribution is -2.42. The number of aromatic nitrogens is 4. The maximum Gasteiger partial charge on any atom is 0.287 e. The van der Waals surface area contributed by atoms with Crippen LogP contribution < -0.4 is 15.8 Å². The molecule has 8 heteroatoms. The molecule has 0 saturated carbocycles. The van der Waals surface area contributed by atoms with Gasteiger partial charge in [0.2, 0.25) is 0 Å². The Hall–Kier alpha value is -2.80. The number of hydrogen-bond donors (Lipinski definition) is 1. The molecule has 1 aromatic carbocycles. The molecule has 28 heavy (non-hydrogen) atoms. The third kappa shape index (κ3) is 4.04. The molecule has 0 amide bonds. The lowest BCUT2D eigenvalue weighted by atomic mass is 10.1. The topological polar surface area (TPSA) is 68.0 Å². The fraction of sp³-hybridized carbons (Fsp3) is 0.350. The van der Waals surface area contributed by atoms with Gasteiger partial charge >= 0.3 is 0 Å². The Balaban J connectivity index is 1.47. The van der Waals surface area contributed by atoms with Crippen molar-refractivity contribution >= 4 is 23.0 Å². The van der Waals surface area contributed by atoms with Crippen molar-refractivity contribution in [2.45, 2.75) is 25.4 Å². The monoisotopic (exact) mass is 398 g/mol. The van der Waals surface area contributed by atoms with Gasteiger partial charge in [0.1, 0.15) is 5.02 Å². The highest BCUT2D eigenvalue weighted by Crippen LogP contribution is 2.23. The van der Waals surface area contributed by atoms with E-state index >= 15 is 0 Å². The van der Waals surface area contributed by atoms with Gasteiger partial charge in [-0.25, -0.2) is 4.68 Å². The summed E-state index contributed by atoms with van der Waals surface area (Å²) in [4.78, 5) is 14.9. The minimum absolute atomic E-state index is 0.185. The van der Waals surface area contributed by atoms with E-state index < -0.39 is 0 Å². The van der Waals surface area contributed by atoms with Gasteiger partial charge in [0.15, 0.2) is 0 Å². The van der Waals surface area contributed by atoms with Crippen LogP contribution in [0, 0.1) is 0 Å². The van der Waals surface area contributed by atoms with Crippen LogP contribution in [-0.2, 0) is 13.6 Å². The van der Waals surface area contributed by atoms with Crippen molar-refractivity contribution in [1.29, 1.82) is 0 Å². The zero-order chi connectivity index (χ0) is 19.5. The van der Waals surface area contributed by atoms with Gasteiger partial charge in [-0.3, -0.25) is 9.48 Å². The first kappa shape index (κ1) is 18.6. The highest BCUT2D eigenvalue weighted by molar-refractivity contribution is 6.32. The molecule has 1 aliphatic heterocycles. The summed E-state index contributed by atoms with van der Waals surface area (Å²) in [7, 11) is 1.92. The minimum Gasteiger partial charge on any atom is -0.378 e. The molecule has 1 aliphatic rings. The average molecular weight is 399 g/mol. The van der Waals surface area contributed by atoms with E-state index in [2.05, 4.69) is 20.4 Å². The molecule has 1 N–H and O–H groups in total. The van der Waals surface area contributed by atoms with Crippen LogP contribution in [0.25, 0.3) is 0 Å². The summed E-state index contributed by atoms with van der Waals surface area (Å²) in [6.07, 6.45) is 7.61. The van der Waals surface area contributed by atoms with Gasteiger partial charge in [-0.05, 0) is 18.4 Å². The Bertz CT molecular complexity index is 999. The van der Waals surface area contributed by atoms with Gasteiger partial charge in [-0.2, -0.15) is 10.2 Å².